The number of amides is 5. The van der Waals surface area contributed by atoms with Crippen LogP contribution in [0.2, 0.25) is 0 Å². The first-order valence-corrected chi connectivity index (χ1v) is 5.69. The third kappa shape index (κ3) is 5.64. The maximum Gasteiger partial charge on any atom is 0.334 e. The van der Waals surface area contributed by atoms with Gasteiger partial charge in [0.1, 0.15) is 0 Å². The molecule has 5 amide bonds. The summed E-state index contributed by atoms with van der Waals surface area (Å²) in [6, 6.07) is -1.77. The first-order chi connectivity index (χ1) is 8.99. The van der Waals surface area contributed by atoms with E-state index in [0.29, 0.717) is 9.80 Å². The summed E-state index contributed by atoms with van der Waals surface area (Å²) in [4.78, 5) is 36.2. The number of urea groups is 2. The number of carbonyl (C=O) groups excluding carboxylic acids is 3. The largest absolute Gasteiger partial charge is 0.395 e. The van der Waals surface area contributed by atoms with E-state index in [-0.39, 0.29) is 26.2 Å². The first kappa shape index (κ1) is 17.3. The maximum absolute atomic E-state index is 12.0. The number of aliphatic hydroxyl groups is 3. The number of carbonyl (C=O) groups is 3. The Hall–Kier alpha value is -1.71. The molecule has 19 heavy (non-hydrogen) atoms. The van der Waals surface area contributed by atoms with Gasteiger partial charge in [-0.1, -0.05) is 0 Å². The number of nitrogens with one attached hydrogen (secondary N) is 1. The summed E-state index contributed by atoms with van der Waals surface area (Å²) >= 11 is 0. The van der Waals surface area contributed by atoms with E-state index in [0.717, 1.165) is 6.92 Å². The molecule has 0 heterocycles. The molecule has 0 aromatic heterocycles. The Bertz CT molecular complexity index is 322. The summed E-state index contributed by atoms with van der Waals surface area (Å²) in [5.41, 5.74) is 0. The standard InChI is InChI=1S/C10H19N3O6/c1-8(17)12(3-6-15)10(19)13(4-7-16)9(18)11-2-5-14/h14-16H,2-7H2,1H3,(H,11,18). The lowest BCUT2D eigenvalue weighted by Gasteiger charge is -2.26. The van der Waals surface area contributed by atoms with Gasteiger partial charge in [0.15, 0.2) is 0 Å². The van der Waals surface area contributed by atoms with Crippen LogP contribution in [-0.2, 0) is 4.79 Å². The topological polar surface area (TPSA) is 130 Å². The fourth-order valence-corrected chi connectivity index (χ4v) is 1.28. The van der Waals surface area contributed by atoms with Gasteiger partial charge < -0.3 is 20.6 Å². The first-order valence-electron chi connectivity index (χ1n) is 5.69. The quantitative estimate of drug-likeness (QED) is 0.442. The predicted octanol–water partition coefficient (Wildman–Crippen LogP) is -2.06. The van der Waals surface area contributed by atoms with Crippen molar-refractivity contribution in [3.05, 3.63) is 0 Å². The molecule has 0 aromatic carbocycles. The molecule has 0 spiro atoms. The molecule has 0 fully saturated rings. The average Bonchev–Trinajstić information content (AvgIpc) is 2.38. The van der Waals surface area contributed by atoms with Gasteiger partial charge in [-0.05, 0) is 0 Å². The molecule has 0 saturated heterocycles. The zero-order valence-electron chi connectivity index (χ0n) is 10.7. The number of hydrogen-bond acceptors (Lipinski definition) is 6. The molecule has 0 aliphatic carbocycles. The monoisotopic (exact) mass is 277 g/mol. The van der Waals surface area contributed by atoms with Crippen LogP contribution in [0.1, 0.15) is 6.92 Å². The van der Waals surface area contributed by atoms with E-state index in [4.69, 9.17) is 15.3 Å². The fraction of sp³-hybridized carbons (Fsp3) is 0.700. The van der Waals surface area contributed by atoms with Crippen LogP contribution in [0.15, 0.2) is 0 Å². The number of imide groups is 2. The van der Waals surface area contributed by atoms with Crippen LogP contribution in [0.3, 0.4) is 0 Å². The highest BCUT2D eigenvalue weighted by atomic mass is 16.3. The van der Waals surface area contributed by atoms with Crippen molar-refractivity contribution in [1.82, 2.24) is 15.1 Å². The summed E-state index contributed by atoms with van der Waals surface area (Å²) in [6.45, 7) is -0.696. The number of aliphatic hydroxyl groups excluding tert-OH is 3. The lowest BCUT2D eigenvalue weighted by atomic mass is 10.4. The van der Waals surface area contributed by atoms with E-state index < -0.39 is 31.2 Å². The molecule has 0 unspecified atom stereocenters. The molecular formula is C10H19N3O6. The summed E-state index contributed by atoms with van der Waals surface area (Å²) in [6.07, 6.45) is 0. The third-order valence-corrected chi connectivity index (χ3v) is 2.12. The van der Waals surface area contributed by atoms with Gasteiger partial charge in [0, 0.05) is 13.5 Å². The van der Waals surface area contributed by atoms with Crippen molar-refractivity contribution >= 4 is 18.0 Å². The van der Waals surface area contributed by atoms with Crippen molar-refractivity contribution in [3.8, 4) is 0 Å². The molecule has 0 atom stereocenters. The lowest BCUT2D eigenvalue weighted by Crippen LogP contribution is -2.53. The molecule has 9 heteroatoms. The third-order valence-electron chi connectivity index (χ3n) is 2.12. The van der Waals surface area contributed by atoms with Crippen LogP contribution in [-0.4, -0.2) is 82.5 Å². The molecule has 0 saturated carbocycles. The van der Waals surface area contributed by atoms with Crippen LogP contribution in [0.4, 0.5) is 9.59 Å². The number of rotatable bonds is 6. The van der Waals surface area contributed by atoms with E-state index in [9.17, 15) is 14.4 Å². The van der Waals surface area contributed by atoms with Gasteiger partial charge in [-0.15, -0.1) is 0 Å². The minimum absolute atomic E-state index is 0.0614. The fourth-order valence-electron chi connectivity index (χ4n) is 1.28. The summed E-state index contributed by atoms with van der Waals surface area (Å²) in [5, 5.41) is 28.4. The van der Waals surface area contributed by atoms with Gasteiger partial charge in [0.2, 0.25) is 5.91 Å². The molecule has 0 aromatic rings. The van der Waals surface area contributed by atoms with Gasteiger partial charge in [0.05, 0.1) is 32.9 Å². The molecule has 0 bridgehead atoms. The smallest absolute Gasteiger partial charge is 0.334 e. The predicted molar refractivity (Wildman–Crippen MR) is 64.1 cm³/mol. The molecule has 110 valence electrons. The van der Waals surface area contributed by atoms with Crippen LogP contribution < -0.4 is 5.32 Å². The van der Waals surface area contributed by atoms with E-state index in [1.54, 1.807) is 0 Å². The van der Waals surface area contributed by atoms with Crippen LogP contribution in [0.5, 0.6) is 0 Å². The maximum atomic E-state index is 12.0. The molecular weight excluding hydrogens is 258 g/mol. The van der Waals surface area contributed by atoms with Crippen LogP contribution in [0, 0.1) is 0 Å². The summed E-state index contributed by atoms with van der Waals surface area (Å²) < 4.78 is 0. The SMILES string of the molecule is CC(=O)N(CCO)C(=O)N(CCO)C(=O)NCCO. The Kier molecular flexibility index (Phi) is 8.42. The van der Waals surface area contributed by atoms with Crippen molar-refractivity contribution in [2.75, 3.05) is 39.5 Å². The zero-order valence-corrected chi connectivity index (χ0v) is 10.7. The van der Waals surface area contributed by atoms with Gasteiger partial charge in [-0.2, -0.15) is 0 Å². The van der Waals surface area contributed by atoms with Gasteiger partial charge in [-0.25, -0.2) is 14.5 Å². The van der Waals surface area contributed by atoms with Crippen LogP contribution >= 0.6 is 0 Å². The Morgan fingerprint density at radius 1 is 0.947 bits per heavy atom. The highest BCUT2D eigenvalue weighted by molar-refractivity contribution is 6.01. The second-order valence-corrected chi connectivity index (χ2v) is 3.51. The highest BCUT2D eigenvalue weighted by Gasteiger charge is 2.27. The lowest BCUT2D eigenvalue weighted by molar-refractivity contribution is -0.126. The van der Waals surface area contributed by atoms with Crippen molar-refractivity contribution in [1.29, 1.82) is 0 Å². The molecule has 9 nitrogen and oxygen atoms in total. The van der Waals surface area contributed by atoms with Crippen LogP contribution in [0.25, 0.3) is 0 Å². The molecule has 0 rings (SSSR count). The Labute approximate surface area is 110 Å². The Balaban J connectivity index is 4.88. The average molecular weight is 277 g/mol. The zero-order chi connectivity index (χ0) is 14.8. The van der Waals surface area contributed by atoms with E-state index >= 15 is 0 Å². The van der Waals surface area contributed by atoms with Crippen molar-refractivity contribution < 1.29 is 29.7 Å². The van der Waals surface area contributed by atoms with E-state index in [1.165, 1.54) is 0 Å². The van der Waals surface area contributed by atoms with Crippen molar-refractivity contribution in [2.24, 2.45) is 0 Å². The molecule has 0 radical (unpaired) electrons. The second kappa shape index (κ2) is 9.25. The van der Waals surface area contributed by atoms with Crippen molar-refractivity contribution in [2.45, 2.75) is 6.92 Å². The molecule has 0 aliphatic rings. The molecule has 4 N–H and O–H groups in total. The number of nitrogens with zero attached hydrogens (tertiary/aromatic N) is 2. The minimum atomic E-state index is -0.939. The second-order valence-electron chi connectivity index (χ2n) is 3.51. The van der Waals surface area contributed by atoms with E-state index in [2.05, 4.69) is 5.32 Å². The Morgan fingerprint density at radius 3 is 1.89 bits per heavy atom. The summed E-state index contributed by atoms with van der Waals surface area (Å²) in [5.74, 6) is -0.628. The highest BCUT2D eigenvalue weighted by Crippen LogP contribution is 2.01. The van der Waals surface area contributed by atoms with Gasteiger partial charge in [-0.3, -0.25) is 9.69 Å². The Morgan fingerprint density at radius 2 is 1.47 bits per heavy atom. The summed E-state index contributed by atoms with van der Waals surface area (Å²) in [7, 11) is 0. The van der Waals surface area contributed by atoms with E-state index in [1.807, 2.05) is 0 Å². The minimum Gasteiger partial charge on any atom is -0.395 e. The number of hydrogen-bond donors (Lipinski definition) is 4. The normalized spacial score (nSPS) is 9.89. The van der Waals surface area contributed by atoms with Crippen molar-refractivity contribution in [3.63, 3.8) is 0 Å². The van der Waals surface area contributed by atoms with Gasteiger partial charge in [0.25, 0.3) is 0 Å². The molecule has 0 aliphatic heterocycles. The van der Waals surface area contributed by atoms with Gasteiger partial charge >= 0.3 is 12.1 Å².